The molecule has 88 valence electrons. The fourth-order valence-electron chi connectivity index (χ4n) is 1.10. The SMILES string of the molecule is CCC(C)N(C)C(=O)CC(C)(C)C(=O)O. The van der Waals surface area contributed by atoms with Crippen molar-refractivity contribution in [3.63, 3.8) is 0 Å². The molecule has 0 rings (SSSR count). The van der Waals surface area contributed by atoms with Crippen LogP contribution in [0.2, 0.25) is 0 Å². The van der Waals surface area contributed by atoms with Crippen LogP contribution in [0.1, 0.15) is 40.5 Å². The minimum absolute atomic E-state index is 0.0448. The minimum atomic E-state index is -0.987. The molecule has 4 nitrogen and oxygen atoms in total. The third-order valence-corrected chi connectivity index (χ3v) is 2.82. The number of hydrogen-bond donors (Lipinski definition) is 1. The van der Waals surface area contributed by atoms with Gasteiger partial charge in [-0.15, -0.1) is 0 Å². The quantitative estimate of drug-likeness (QED) is 0.760. The van der Waals surface area contributed by atoms with Gasteiger partial charge in [0, 0.05) is 19.5 Å². The van der Waals surface area contributed by atoms with Crippen molar-refractivity contribution in [2.75, 3.05) is 7.05 Å². The van der Waals surface area contributed by atoms with E-state index < -0.39 is 11.4 Å². The summed E-state index contributed by atoms with van der Waals surface area (Å²) in [6.07, 6.45) is 0.916. The van der Waals surface area contributed by atoms with Crippen LogP contribution in [0.3, 0.4) is 0 Å². The average molecular weight is 215 g/mol. The average Bonchev–Trinajstić information content (AvgIpc) is 2.14. The fourth-order valence-corrected chi connectivity index (χ4v) is 1.10. The molecule has 0 aliphatic rings. The molecule has 1 amide bonds. The number of carbonyl (C=O) groups excluding carboxylic acids is 1. The van der Waals surface area contributed by atoms with Crippen LogP contribution in [0.5, 0.6) is 0 Å². The smallest absolute Gasteiger partial charge is 0.309 e. The van der Waals surface area contributed by atoms with Gasteiger partial charge in [0.05, 0.1) is 5.41 Å². The molecule has 0 heterocycles. The van der Waals surface area contributed by atoms with Crippen molar-refractivity contribution >= 4 is 11.9 Å². The van der Waals surface area contributed by atoms with E-state index >= 15 is 0 Å². The lowest BCUT2D eigenvalue weighted by Gasteiger charge is -2.27. The van der Waals surface area contributed by atoms with E-state index in [0.29, 0.717) is 0 Å². The van der Waals surface area contributed by atoms with Gasteiger partial charge in [0.25, 0.3) is 0 Å². The highest BCUT2D eigenvalue weighted by atomic mass is 16.4. The molecule has 0 aromatic rings. The van der Waals surface area contributed by atoms with Crippen molar-refractivity contribution in [3.05, 3.63) is 0 Å². The van der Waals surface area contributed by atoms with Crippen molar-refractivity contribution < 1.29 is 14.7 Å². The first-order valence-corrected chi connectivity index (χ1v) is 5.21. The van der Waals surface area contributed by atoms with Gasteiger partial charge >= 0.3 is 5.97 Å². The van der Waals surface area contributed by atoms with Crippen LogP contribution in [-0.2, 0) is 9.59 Å². The van der Waals surface area contributed by atoms with Crippen molar-refractivity contribution in [2.45, 2.75) is 46.6 Å². The van der Waals surface area contributed by atoms with Gasteiger partial charge in [0.2, 0.25) is 5.91 Å². The van der Waals surface area contributed by atoms with Crippen LogP contribution >= 0.6 is 0 Å². The van der Waals surface area contributed by atoms with Crippen LogP contribution < -0.4 is 0 Å². The van der Waals surface area contributed by atoms with Gasteiger partial charge in [-0.3, -0.25) is 9.59 Å². The highest BCUT2D eigenvalue weighted by Gasteiger charge is 2.31. The maximum atomic E-state index is 11.7. The van der Waals surface area contributed by atoms with E-state index in [1.807, 2.05) is 13.8 Å². The van der Waals surface area contributed by atoms with Crippen molar-refractivity contribution in [3.8, 4) is 0 Å². The second-order valence-electron chi connectivity index (χ2n) is 4.63. The van der Waals surface area contributed by atoms with Gasteiger partial charge in [0.1, 0.15) is 0 Å². The molecule has 0 aromatic heterocycles. The van der Waals surface area contributed by atoms with Crippen LogP contribution in [-0.4, -0.2) is 35.0 Å². The lowest BCUT2D eigenvalue weighted by Crippen LogP contribution is -2.39. The zero-order chi connectivity index (χ0) is 12.2. The maximum absolute atomic E-state index is 11.7. The summed E-state index contributed by atoms with van der Waals surface area (Å²) in [6.45, 7) is 7.08. The van der Waals surface area contributed by atoms with E-state index in [9.17, 15) is 9.59 Å². The highest BCUT2D eigenvalue weighted by molar-refractivity contribution is 5.84. The summed E-state index contributed by atoms with van der Waals surface area (Å²) in [6, 6.07) is 0.155. The first-order valence-electron chi connectivity index (χ1n) is 5.21. The molecule has 0 saturated heterocycles. The van der Waals surface area contributed by atoms with Crippen LogP contribution in [0.4, 0.5) is 0 Å². The Morgan fingerprint density at radius 1 is 1.40 bits per heavy atom. The van der Waals surface area contributed by atoms with E-state index in [0.717, 1.165) is 6.42 Å². The summed E-state index contributed by atoms with van der Waals surface area (Å²) in [5, 5.41) is 8.90. The monoisotopic (exact) mass is 215 g/mol. The Bertz CT molecular complexity index is 248. The number of carboxylic acids is 1. The zero-order valence-electron chi connectivity index (χ0n) is 10.2. The normalized spacial score (nSPS) is 13.4. The van der Waals surface area contributed by atoms with E-state index in [1.165, 1.54) is 0 Å². The number of carboxylic acid groups (broad SMARTS) is 1. The van der Waals surface area contributed by atoms with Crippen molar-refractivity contribution in [2.24, 2.45) is 5.41 Å². The molecule has 4 heteroatoms. The minimum Gasteiger partial charge on any atom is -0.481 e. The lowest BCUT2D eigenvalue weighted by atomic mass is 9.89. The standard InChI is InChI=1S/C11H21NO3/c1-6-8(2)12(5)9(13)7-11(3,4)10(14)15/h8H,6-7H2,1-5H3,(H,14,15). The van der Waals surface area contributed by atoms with Crippen molar-refractivity contribution in [1.82, 2.24) is 4.90 Å². The molecule has 0 aromatic carbocycles. The molecule has 1 unspecified atom stereocenters. The second-order valence-corrected chi connectivity index (χ2v) is 4.63. The molecule has 1 N–H and O–H groups in total. The van der Waals surface area contributed by atoms with Crippen molar-refractivity contribution in [1.29, 1.82) is 0 Å². The van der Waals surface area contributed by atoms with Crippen LogP contribution in [0.15, 0.2) is 0 Å². The zero-order valence-corrected chi connectivity index (χ0v) is 10.2. The van der Waals surface area contributed by atoms with E-state index in [-0.39, 0.29) is 18.4 Å². The Labute approximate surface area is 91.3 Å². The van der Waals surface area contributed by atoms with E-state index in [1.54, 1.807) is 25.8 Å². The molecule has 0 aliphatic heterocycles. The molecular weight excluding hydrogens is 194 g/mol. The highest BCUT2D eigenvalue weighted by Crippen LogP contribution is 2.22. The Kier molecular flexibility index (Phi) is 4.78. The van der Waals surface area contributed by atoms with Gasteiger partial charge < -0.3 is 10.0 Å². The van der Waals surface area contributed by atoms with E-state index in [4.69, 9.17) is 5.11 Å². The maximum Gasteiger partial charge on any atom is 0.309 e. The summed E-state index contributed by atoms with van der Waals surface area (Å²) >= 11 is 0. The molecule has 0 spiro atoms. The van der Waals surface area contributed by atoms with Gasteiger partial charge in [-0.2, -0.15) is 0 Å². The summed E-state index contributed by atoms with van der Waals surface area (Å²) < 4.78 is 0. The van der Waals surface area contributed by atoms with Gasteiger partial charge in [-0.25, -0.2) is 0 Å². The van der Waals surface area contributed by atoms with Gasteiger partial charge in [-0.05, 0) is 27.2 Å². The Morgan fingerprint density at radius 2 is 1.87 bits per heavy atom. The topological polar surface area (TPSA) is 57.6 Å². The number of aliphatic carboxylic acids is 1. The first-order chi connectivity index (χ1) is 6.72. The van der Waals surface area contributed by atoms with Gasteiger partial charge in [-0.1, -0.05) is 6.92 Å². The summed E-state index contributed by atoms with van der Waals surface area (Å²) in [7, 11) is 1.72. The number of carbonyl (C=O) groups is 2. The molecular formula is C11H21NO3. The summed E-state index contributed by atoms with van der Waals surface area (Å²) in [5.41, 5.74) is -0.987. The Balaban J connectivity index is 4.43. The van der Waals surface area contributed by atoms with Crippen LogP contribution in [0, 0.1) is 5.41 Å². The molecule has 15 heavy (non-hydrogen) atoms. The number of hydrogen-bond acceptors (Lipinski definition) is 2. The van der Waals surface area contributed by atoms with E-state index in [2.05, 4.69) is 0 Å². The third-order valence-electron chi connectivity index (χ3n) is 2.82. The molecule has 0 bridgehead atoms. The predicted octanol–water partition coefficient (Wildman–Crippen LogP) is 1.74. The molecule has 0 aliphatic carbocycles. The number of amides is 1. The largest absolute Gasteiger partial charge is 0.481 e. The Morgan fingerprint density at radius 3 is 2.20 bits per heavy atom. The third kappa shape index (κ3) is 3.90. The molecule has 0 radical (unpaired) electrons. The molecule has 1 atom stereocenters. The second kappa shape index (κ2) is 5.14. The number of rotatable bonds is 5. The lowest BCUT2D eigenvalue weighted by molar-refractivity contribution is -0.151. The van der Waals surface area contributed by atoms with Gasteiger partial charge in [0.15, 0.2) is 0 Å². The number of nitrogens with zero attached hydrogens (tertiary/aromatic N) is 1. The fraction of sp³-hybridized carbons (Fsp3) is 0.818. The summed E-state index contributed by atoms with van der Waals surface area (Å²) in [5.74, 6) is -1.05. The summed E-state index contributed by atoms with van der Waals surface area (Å²) in [4.78, 5) is 24.2. The predicted molar refractivity (Wildman–Crippen MR) is 58.6 cm³/mol. The molecule has 0 saturated carbocycles. The Hall–Kier alpha value is -1.06. The van der Waals surface area contributed by atoms with Crippen LogP contribution in [0.25, 0.3) is 0 Å². The molecule has 0 fully saturated rings. The first kappa shape index (κ1) is 13.9.